The lowest BCUT2D eigenvalue weighted by atomic mass is 10.2. The van der Waals surface area contributed by atoms with Gasteiger partial charge in [0.15, 0.2) is 6.29 Å². The second-order valence-electron chi connectivity index (χ2n) is 4.03. The molecule has 0 aromatic carbocycles. The van der Waals surface area contributed by atoms with Crippen molar-refractivity contribution in [3.63, 3.8) is 0 Å². The van der Waals surface area contributed by atoms with Crippen molar-refractivity contribution in [1.29, 1.82) is 0 Å². The van der Waals surface area contributed by atoms with Gasteiger partial charge in [-0.3, -0.25) is 4.79 Å². The fourth-order valence-electron chi connectivity index (χ4n) is 1.65. The highest BCUT2D eigenvalue weighted by molar-refractivity contribution is 7.10. The minimum Gasteiger partial charge on any atom is -0.356 e. The summed E-state index contributed by atoms with van der Waals surface area (Å²) in [6, 6.07) is 2.08. The van der Waals surface area contributed by atoms with Crippen molar-refractivity contribution in [1.82, 2.24) is 5.32 Å². The van der Waals surface area contributed by atoms with Gasteiger partial charge in [-0.2, -0.15) is 0 Å². The van der Waals surface area contributed by atoms with Gasteiger partial charge in [0, 0.05) is 13.5 Å². The second kappa shape index (κ2) is 6.68. The highest BCUT2D eigenvalue weighted by Crippen LogP contribution is 2.29. The highest BCUT2D eigenvalue weighted by atomic mass is 32.1. The Morgan fingerprint density at radius 1 is 1.56 bits per heavy atom. The van der Waals surface area contributed by atoms with E-state index < -0.39 is 0 Å². The van der Waals surface area contributed by atoms with E-state index in [0.29, 0.717) is 19.8 Å². The van der Waals surface area contributed by atoms with E-state index in [0.717, 1.165) is 16.9 Å². The Labute approximate surface area is 111 Å². The molecule has 0 aliphatic carbocycles. The smallest absolute Gasteiger partial charge is 0.216 e. The van der Waals surface area contributed by atoms with Crippen molar-refractivity contribution in [2.75, 3.05) is 19.8 Å². The topological polar surface area (TPSA) is 47.6 Å². The number of nitrogens with one attached hydrogen (secondary N) is 1. The van der Waals surface area contributed by atoms with E-state index in [2.05, 4.69) is 28.9 Å². The maximum Gasteiger partial charge on any atom is 0.216 e. The Balaban J connectivity index is 1.79. The van der Waals surface area contributed by atoms with Gasteiger partial charge in [-0.1, -0.05) is 12.2 Å². The van der Waals surface area contributed by atoms with E-state index in [1.54, 1.807) is 11.3 Å². The van der Waals surface area contributed by atoms with Crippen molar-refractivity contribution >= 4 is 23.3 Å². The van der Waals surface area contributed by atoms with Gasteiger partial charge >= 0.3 is 0 Å². The summed E-state index contributed by atoms with van der Waals surface area (Å²) in [5, 5.41) is 4.83. The molecule has 1 aliphatic rings. The molecule has 4 nitrogen and oxygen atoms in total. The number of thiophene rings is 1. The van der Waals surface area contributed by atoms with E-state index in [9.17, 15) is 4.79 Å². The summed E-state index contributed by atoms with van der Waals surface area (Å²) >= 11 is 1.64. The molecule has 1 saturated heterocycles. The Morgan fingerprint density at radius 2 is 2.33 bits per heavy atom. The molecule has 1 aromatic rings. The van der Waals surface area contributed by atoms with Crippen molar-refractivity contribution < 1.29 is 14.3 Å². The van der Waals surface area contributed by atoms with Crippen LogP contribution in [0.5, 0.6) is 0 Å². The van der Waals surface area contributed by atoms with E-state index in [4.69, 9.17) is 9.47 Å². The van der Waals surface area contributed by atoms with E-state index in [1.807, 2.05) is 0 Å². The molecule has 2 heterocycles. The van der Waals surface area contributed by atoms with Crippen LogP contribution in [-0.2, 0) is 14.3 Å². The summed E-state index contributed by atoms with van der Waals surface area (Å²) in [7, 11) is 0. The number of ether oxygens (including phenoxy) is 2. The molecule has 18 heavy (non-hydrogen) atoms. The summed E-state index contributed by atoms with van der Waals surface area (Å²) in [6.07, 6.45) is 4.76. The molecule has 0 saturated carbocycles. The first-order valence-electron chi connectivity index (χ1n) is 5.98. The Morgan fingerprint density at radius 3 is 3.06 bits per heavy atom. The first-order chi connectivity index (χ1) is 8.75. The third-order valence-corrected chi connectivity index (χ3v) is 3.46. The van der Waals surface area contributed by atoms with Crippen molar-refractivity contribution in [3.8, 4) is 0 Å². The number of carbonyl (C=O) groups is 1. The SMILES string of the molecule is CC(=O)NCCC=Cc1csc(C2OCCO2)c1. The Bertz CT molecular complexity index is 422. The van der Waals surface area contributed by atoms with Gasteiger partial charge < -0.3 is 14.8 Å². The molecule has 1 fully saturated rings. The Kier molecular flexibility index (Phi) is 4.92. The molecular formula is C13H17NO3S. The molecule has 98 valence electrons. The summed E-state index contributed by atoms with van der Waals surface area (Å²) in [5.74, 6) is 0.0109. The van der Waals surface area contributed by atoms with Crippen LogP contribution in [0.3, 0.4) is 0 Å². The van der Waals surface area contributed by atoms with Crippen LogP contribution in [0.1, 0.15) is 30.1 Å². The van der Waals surface area contributed by atoms with Crippen LogP contribution in [0, 0.1) is 0 Å². The average molecular weight is 267 g/mol. The zero-order valence-corrected chi connectivity index (χ0v) is 11.2. The summed E-state index contributed by atoms with van der Waals surface area (Å²) in [6.45, 7) is 3.54. The molecule has 0 bridgehead atoms. The van der Waals surface area contributed by atoms with E-state index >= 15 is 0 Å². The minimum atomic E-state index is -0.184. The normalized spacial score (nSPS) is 16.5. The van der Waals surface area contributed by atoms with Crippen molar-refractivity contribution in [3.05, 3.63) is 28.0 Å². The van der Waals surface area contributed by atoms with Crippen molar-refractivity contribution in [2.45, 2.75) is 19.6 Å². The fourth-order valence-corrected chi connectivity index (χ4v) is 2.52. The van der Waals surface area contributed by atoms with Crippen LogP contribution in [0.15, 0.2) is 17.5 Å². The molecule has 1 amide bonds. The number of carbonyl (C=O) groups excluding carboxylic acids is 1. The lowest BCUT2D eigenvalue weighted by Gasteiger charge is -2.04. The molecule has 0 atom stereocenters. The zero-order valence-electron chi connectivity index (χ0n) is 10.3. The zero-order chi connectivity index (χ0) is 12.8. The quantitative estimate of drug-likeness (QED) is 0.833. The summed E-state index contributed by atoms with van der Waals surface area (Å²) < 4.78 is 10.9. The fraction of sp³-hybridized carbons (Fsp3) is 0.462. The summed E-state index contributed by atoms with van der Waals surface area (Å²) in [5.41, 5.74) is 1.15. The minimum absolute atomic E-state index is 0.0109. The predicted molar refractivity (Wildman–Crippen MR) is 71.3 cm³/mol. The number of hydrogen-bond donors (Lipinski definition) is 1. The molecule has 1 aromatic heterocycles. The predicted octanol–water partition coefficient (Wildman–Crippen LogP) is 2.33. The third-order valence-electron chi connectivity index (χ3n) is 2.49. The van der Waals surface area contributed by atoms with Gasteiger partial charge in [-0.05, 0) is 23.4 Å². The number of amides is 1. The van der Waals surface area contributed by atoms with Gasteiger partial charge in [-0.15, -0.1) is 11.3 Å². The van der Waals surface area contributed by atoms with Crippen LogP contribution in [-0.4, -0.2) is 25.7 Å². The lowest BCUT2D eigenvalue weighted by molar-refractivity contribution is -0.118. The van der Waals surface area contributed by atoms with Crippen LogP contribution < -0.4 is 5.32 Å². The summed E-state index contributed by atoms with van der Waals surface area (Å²) in [4.78, 5) is 11.8. The molecule has 0 radical (unpaired) electrons. The molecule has 0 spiro atoms. The molecule has 1 N–H and O–H groups in total. The molecule has 1 aliphatic heterocycles. The van der Waals surface area contributed by atoms with Gasteiger partial charge in [0.2, 0.25) is 5.91 Å². The van der Waals surface area contributed by atoms with Gasteiger partial charge in [-0.25, -0.2) is 0 Å². The first kappa shape index (κ1) is 13.3. The van der Waals surface area contributed by atoms with Crippen LogP contribution in [0.2, 0.25) is 0 Å². The first-order valence-corrected chi connectivity index (χ1v) is 6.86. The largest absolute Gasteiger partial charge is 0.356 e. The second-order valence-corrected chi connectivity index (χ2v) is 4.97. The average Bonchev–Trinajstić information content (AvgIpc) is 2.98. The van der Waals surface area contributed by atoms with E-state index in [-0.39, 0.29) is 12.2 Å². The maximum absolute atomic E-state index is 10.7. The molecule has 5 heteroatoms. The number of rotatable bonds is 5. The van der Waals surface area contributed by atoms with Gasteiger partial charge in [0.1, 0.15) is 0 Å². The van der Waals surface area contributed by atoms with Crippen molar-refractivity contribution in [2.24, 2.45) is 0 Å². The van der Waals surface area contributed by atoms with Crippen LogP contribution >= 0.6 is 11.3 Å². The monoisotopic (exact) mass is 267 g/mol. The molecule has 0 unspecified atom stereocenters. The van der Waals surface area contributed by atoms with Gasteiger partial charge in [0.25, 0.3) is 0 Å². The van der Waals surface area contributed by atoms with Crippen LogP contribution in [0.25, 0.3) is 6.08 Å². The third kappa shape index (κ3) is 3.94. The van der Waals surface area contributed by atoms with E-state index in [1.165, 1.54) is 6.92 Å². The van der Waals surface area contributed by atoms with Gasteiger partial charge in [0.05, 0.1) is 18.1 Å². The molecular weight excluding hydrogens is 250 g/mol. The number of hydrogen-bond acceptors (Lipinski definition) is 4. The molecule has 2 rings (SSSR count). The maximum atomic E-state index is 10.7. The highest BCUT2D eigenvalue weighted by Gasteiger charge is 2.19. The Hall–Kier alpha value is -1.17. The van der Waals surface area contributed by atoms with Crippen LogP contribution in [0.4, 0.5) is 0 Å². The standard InChI is InChI=1S/C13H17NO3S/c1-10(15)14-5-3-2-4-11-8-12(18-9-11)13-16-6-7-17-13/h2,4,8-9,13H,3,5-7H2,1H3,(H,14,15). The lowest BCUT2D eigenvalue weighted by Crippen LogP contribution is -2.20.